The fraction of sp³-hybridized carbons (Fsp3) is 0. The Morgan fingerprint density at radius 3 is 2.37 bits per heavy atom. The van der Waals surface area contributed by atoms with Gasteiger partial charge in [-0.05, 0) is 35.9 Å². The Morgan fingerprint density at radius 1 is 1.05 bits per heavy atom. The second-order valence-corrected chi connectivity index (χ2v) is 3.84. The quantitative estimate of drug-likeness (QED) is 0.672. The number of rotatable bonds is 4. The van der Waals surface area contributed by atoms with Gasteiger partial charge in [-0.1, -0.05) is 24.3 Å². The van der Waals surface area contributed by atoms with Crippen LogP contribution in [0.2, 0.25) is 0 Å². The predicted octanol–water partition coefficient (Wildman–Crippen LogP) is 2.68. The molecule has 94 valence electrons. The van der Waals surface area contributed by atoms with Crippen LogP contribution in [0.5, 0.6) is 0 Å². The molecule has 2 aromatic rings. The lowest BCUT2D eigenvalue weighted by atomic mass is 10.1. The Kier molecular flexibility index (Phi) is 3.83. The molecule has 0 aliphatic rings. The molecule has 4 heteroatoms. The van der Waals surface area contributed by atoms with E-state index in [2.05, 4.69) is 4.98 Å². The highest BCUT2D eigenvalue weighted by molar-refractivity contribution is 6.05. The third kappa shape index (κ3) is 3.35. The molecule has 0 aliphatic carbocycles. The summed E-state index contributed by atoms with van der Waals surface area (Å²) in [6.45, 7) is 0. The third-order valence-electron chi connectivity index (χ3n) is 2.50. The van der Waals surface area contributed by atoms with Gasteiger partial charge in [0, 0.05) is 6.20 Å². The molecule has 2 rings (SSSR count). The van der Waals surface area contributed by atoms with Gasteiger partial charge in [0.05, 0.1) is 5.56 Å². The number of ketones is 1. The average Bonchev–Trinajstić information content (AvgIpc) is 2.46. The van der Waals surface area contributed by atoms with Gasteiger partial charge >= 0.3 is 5.97 Å². The summed E-state index contributed by atoms with van der Waals surface area (Å²) in [6, 6.07) is 11.4. The molecule has 0 bridgehead atoms. The molecule has 0 unspecified atom stereocenters. The molecule has 0 amide bonds. The number of carbonyl (C=O) groups is 2. The Hall–Kier alpha value is -2.75. The molecule has 0 aliphatic heterocycles. The van der Waals surface area contributed by atoms with Gasteiger partial charge in [0.15, 0.2) is 0 Å². The number of hydrogen-bond acceptors (Lipinski definition) is 3. The Balaban J connectivity index is 2.10. The number of nitrogens with zero attached hydrogens (tertiary/aromatic N) is 1. The Labute approximate surface area is 110 Å². The number of aromatic carboxylic acids is 1. The van der Waals surface area contributed by atoms with Gasteiger partial charge < -0.3 is 5.11 Å². The van der Waals surface area contributed by atoms with Gasteiger partial charge in [0.1, 0.15) is 5.69 Å². The van der Waals surface area contributed by atoms with Crippen LogP contribution in [0.25, 0.3) is 6.08 Å². The largest absolute Gasteiger partial charge is 0.478 e. The molecular weight excluding hydrogens is 242 g/mol. The molecule has 4 nitrogen and oxygen atoms in total. The van der Waals surface area contributed by atoms with E-state index in [1.54, 1.807) is 42.6 Å². The van der Waals surface area contributed by atoms with Crippen LogP contribution in [-0.4, -0.2) is 21.8 Å². The number of carboxylic acid groups (broad SMARTS) is 1. The first-order valence-electron chi connectivity index (χ1n) is 5.63. The van der Waals surface area contributed by atoms with E-state index in [4.69, 9.17) is 5.11 Å². The van der Waals surface area contributed by atoms with Gasteiger partial charge in [0.2, 0.25) is 5.78 Å². The van der Waals surface area contributed by atoms with E-state index in [0.29, 0.717) is 5.69 Å². The molecule has 0 spiro atoms. The van der Waals surface area contributed by atoms with Crippen molar-refractivity contribution in [3.8, 4) is 0 Å². The van der Waals surface area contributed by atoms with Gasteiger partial charge in [-0.3, -0.25) is 9.78 Å². The number of benzene rings is 1. The highest BCUT2D eigenvalue weighted by Crippen LogP contribution is 2.07. The lowest BCUT2D eigenvalue weighted by Crippen LogP contribution is -1.97. The summed E-state index contributed by atoms with van der Waals surface area (Å²) in [4.78, 5) is 26.4. The summed E-state index contributed by atoms with van der Waals surface area (Å²) in [6.07, 6.45) is 4.60. The van der Waals surface area contributed by atoms with Crippen molar-refractivity contribution < 1.29 is 14.7 Å². The van der Waals surface area contributed by atoms with Gasteiger partial charge in [-0.25, -0.2) is 4.79 Å². The van der Waals surface area contributed by atoms with E-state index in [9.17, 15) is 9.59 Å². The number of carboxylic acids is 1. The lowest BCUT2D eigenvalue weighted by Gasteiger charge is -1.96. The van der Waals surface area contributed by atoms with Crippen molar-refractivity contribution in [3.63, 3.8) is 0 Å². The molecule has 1 N–H and O–H groups in total. The first kappa shape index (κ1) is 12.7. The van der Waals surface area contributed by atoms with Crippen LogP contribution < -0.4 is 0 Å². The van der Waals surface area contributed by atoms with Gasteiger partial charge in [-0.2, -0.15) is 0 Å². The summed E-state index contributed by atoms with van der Waals surface area (Å²) >= 11 is 0. The summed E-state index contributed by atoms with van der Waals surface area (Å²) in [7, 11) is 0. The van der Waals surface area contributed by atoms with Crippen molar-refractivity contribution in [1.29, 1.82) is 0 Å². The minimum absolute atomic E-state index is 0.192. The summed E-state index contributed by atoms with van der Waals surface area (Å²) in [5, 5.41) is 8.76. The van der Waals surface area contributed by atoms with Gasteiger partial charge in [0.25, 0.3) is 0 Å². The normalized spacial score (nSPS) is 10.5. The van der Waals surface area contributed by atoms with Crippen molar-refractivity contribution in [2.75, 3.05) is 0 Å². The van der Waals surface area contributed by atoms with E-state index < -0.39 is 5.97 Å². The second-order valence-electron chi connectivity index (χ2n) is 3.84. The number of pyridine rings is 1. The first-order valence-corrected chi connectivity index (χ1v) is 5.63. The molecule has 0 radical (unpaired) electrons. The molecule has 0 fully saturated rings. The number of aromatic nitrogens is 1. The monoisotopic (exact) mass is 253 g/mol. The average molecular weight is 253 g/mol. The Bertz CT molecular complexity index is 616. The Morgan fingerprint density at radius 2 is 1.79 bits per heavy atom. The number of hydrogen-bond donors (Lipinski definition) is 1. The van der Waals surface area contributed by atoms with Crippen molar-refractivity contribution in [3.05, 3.63) is 71.6 Å². The maximum atomic E-state index is 11.7. The standard InChI is InChI=1S/C15H11NO3/c17-14(13-3-1-2-10-16-13)9-6-11-4-7-12(8-5-11)15(18)19/h1-10H,(H,18,19). The zero-order valence-corrected chi connectivity index (χ0v) is 9.98. The summed E-state index contributed by atoms with van der Waals surface area (Å²) in [5.41, 5.74) is 1.35. The minimum Gasteiger partial charge on any atom is -0.478 e. The SMILES string of the molecule is O=C(O)c1ccc(C=CC(=O)c2ccccn2)cc1. The van der Waals surface area contributed by atoms with Crippen molar-refractivity contribution in [1.82, 2.24) is 4.98 Å². The predicted molar refractivity (Wildman–Crippen MR) is 71.0 cm³/mol. The van der Waals surface area contributed by atoms with E-state index in [-0.39, 0.29) is 11.3 Å². The summed E-state index contributed by atoms with van der Waals surface area (Å²) < 4.78 is 0. The molecule has 0 saturated heterocycles. The van der Waals surface area contributed by atoms with Gasteiger partial charge in [-0.15, -0.1) is 0 Å². The zero-order chi connectivity index (χ0) is 13.7. The molecular formula is C15H11NO3. The number of allylic oxidation sites excluding steroid dienone is 1. The van der Waals surface area contributed by atoms with Crippen molar-refractivity contribution >= 4 is 17.8 Å². The van der Waals surface area contributed by atoms with Crippen LogP contribution in [-0.2, 0) is 0 Å². The van der Waals surface area contributed by atoms with E-state index in [1.807, 2.05) is 0 Å². The van der Waals surface area contributed by atoms with Crippen LogP contribution in [0, 0.1) is 0 Å². The van der Waals surface area contributed by atoms with Crippen LogP contribution in [0.1, 0.15) is 26.4 Å². The van der Waals surface area contributed by atoms with E-state index >= 15 is 0 Å². The van der Waals surface area contributed by atoms with Crippen LogP contribution in [0.4, 0.5) is 0 Å². The second kappa shape index (κ2) is 5.73. The molecule has 1 aromatic carbocycles. The molecule has 0 saturated carbocycles. The van der Waals surface area contributed by atoms with Crippen molar-refractivity contribution in [2.24, 2.45) is 0 Å². The molecule has 1 aromatic heterocycles. The maximum absolute atomic E-state index is 11.7. The third-order valence-corrected chi connectivity index (χ3v) is 2.50. The lowest BCUT2D eigenvalue weighted by molar-refractivity contribution is 0.0696. The van der Waals surface area contributed by atoms with Crippen molar-refractivity contribution in [2.45, 2.75) is 0 Å². The fourth-order valence-electron chi connectivity index (χ4n) is 1.50. The highest BCUT2D eigenvalue weighted by atomic mass is 16.4. The molecule has 19 heavy (non-hydrogen) atoms. The first-order chi connectivity index (χ1) is 9.16. The minimum atomic E-state index is -0.972. The van der Waals surface area contributed by atoms with E-state index in [1.165, 1.54) is 18.2 Å². The van der Waals surface area contributed by atoms with Crippen LogP contribution >= 0.6 is 0 Å². The molecule has 1 heterocycles. The highest BCUT2D eigenvalue weighted by Gasteiger charge is 2.02. The maximum Gasteiger partial charge on any atom is 0.335 e. The van der Waals surface area contributed by atoms with E-state index in [0.717, 1.165) is 5.56 Å². The smallest absolute Gasteiger partial charge is 0.335 e. The molecule has 0 atom stereocenters. The number of carbonyl (C=O) groups excluding carboxylic acids is 1. The fourth-order valence-corrected chi connectivity index (χ4v) is 1.50. The van der Waals surface area contributed by atoms with Crippen LogP contribution in [0.3, 0.4) is 0 Å². The van der Waals surface area contributed by atoms with Crippen LogP contribution in [0.15, 0.2) is 54.7 Å². The zero-order valence-electron chi connectivity index (χ0n) is 9.98. The topological polar surface area (TPSA) is 67.3 Å². The summed E-state index contributed by atoms with van der Waals surface area (Å²) in [5.74, 6) is -1.16.